The third-order valence-corrected chi connectivity index (χ3v) is 5.56. The van der Waals surface area contributed by atoms with E-state index in [0.29, 0.717) is 0 Å². The molecule has 0 unspecified atom stereocenters. The fourth-order valence-electron chi connectivity index (χ4n) is 2.55. The fourth-order valence-corrected chi connectivity index (χ4v) is 4.19. The molecule has 0 aliphatic carbocycles. The number of thioether (sulfide) groups is 1. The van der Waals surface area contributed by atoms with Crippen molar-refractivity contribution >= 4 is 23.1 Å². The molecule has 4 nitrogen and oxygen atoms in total. The molecule has 0 amide bonds. The number of aromatic nitrogens is 4. The Hall–Kier alpha value is -2.44. The van der Waals surface area contributed by atoms with E-state index in [-0.39, 0.29) is 0 Å². The monoisotopic (exact) mass is 364 g/mol. The summed E-state index contributed by atoms with van der Waals surface area (Å²) in [5.41, 5.74) is 2.37. The van der Waals surface area contributed by atoms with E-state index < -0.39 is 0 Å². The van der Waals surface area contributed by atoms with Gasteiger partial charge in [-0.3, -0.25) is 9.55 Å². The molecule has 0 N–H and O–H groups in total. The van der Waals surface area contributed by atoms with Crippen molar-refractivity contribution in [3.63, 3.8) is 0 Å². The van der Waals surface area contributed by atoms with E-state index in [2.05, 4.69) is 55.5 Å². The Labute approximate surface area is 154 Å². The van der Waals surface area contributed by atoms with Crippen molar-refractivity contribution in [3.8, 4) is 16.4 Å². The lowest BCUT2D eigenvalue weighted by atomic mass is 10.2. The Morgan fingerprint density at radius 2 is 1.76 bits per heavy atom. The van der Waals surface area contributed by atoms with Crippen molar-refractivity contribution in [2.24, 2.45) is 0 Å². The quantitative estimate of drug-likeness (QED) is 0.464. The van der Waals surface area contributed by atoms with Crippen LogP contribution >= 0.6 is 23.1 Å². The van der Waals surface area contributed by atoms with Crippen molar-refractivity contribution in [2.45, 2.75) is 11.6 Å². The molecule has 124 valence electrons. The zero-order chi connectivity index (χ0) is 16.9. The highest BCUT2D eigenvalue weighted by Gasteiger charge is 2.16. The fraction of sp³-hybridized carbons (Fsp3) is 0.105. The van der Waals surface area contributed by atoms with Crippen molar-refractivity contribution in [1.82, 2.24) is 19.7 Å². The third-order valence-electron chi connectivity index (χ3n) is 3.76. The number of para-hydroxylation sites is 1. The highest BCUT2D eigenvalue weighted by atomic mass is 32.2. The van der Waals surface area contributed by atoms with Crippen molar-refractivity contribution < 1.29 is 0 Å². The molecular weight excluding hydrogens is 348 g/mol. The van der Waals surface area contributed by atoms with Crippen LogP contribution in [-0.4, -0.2) is 25.5 Å². The molecule has 4 rings (SSSR count). The molecular formula is C19H16N4S2. The van der Waals surface area contributed by atoms with E-state index in [1.54, 1.807) is 23.1 Å². The van der Waals surface area contributed by atoms with Gasteiger partial charge in [0.05, 0.1) is 4.88 Å². The Balaban J connectivity index is 1.61. The van der Waals surface area contributed by atoms with Crippen molar-refractivity contribution in [3.05, 3.63) is 77.9 Å². The van der Waals surface area contributed by atoms with Crippen LogP contribution in [0.5, 0.6) is 0 Å². The molecule has 0 saturated carbocycles. The lowest BCUT2D eigenvalue weighted by Crippen LogP contribution is -1.99. The first kappa shape index (κ1) is 16.1. The maximum atomic E-state index is 4.45. The molecule has 0 fully saturated rings. The number of benzene rings is 1. The van der Waals surface area contributed by atoms with Crippen molar-refractivity contribution in [2.75, 3.05) is 5.75 Å². The molecule has 0 saturated heterocycles. The average Bonchev–Trinajstić information content (AvgIpc) is 3.33. The highest BCUT2D eigenvalue weighted by Crippen LogP contribution is 2.30. The normalized spacial score (nSPS) is 10.9. The van der Waals surface area contributed by atoms with Gasteiger partial charge < -0.3 is 0 Å². The van der Waals surface area contributed by atoms with Crippen LogP contribution in [-0.2, 0) is 6.42 Å². The molecule has 0 bridgehead atoms. The van der Waals surface area contributed by atoms with E-state index >= 15 is 0 Å². The van der Waals surface area contributed by atoms with E-state index in [0.717, 1.165) is 33.7 Å². The Morgan fingerprint density at radius 3 is 2.52 bits per heavy atom. The molecule has 25 heavy (non-hydrogen) atoms. The maximum Gasteiger partial charge on any atom is 0.196 e. The van der Waals surface area contributed by atoms with Crippen LogP contribution in [0.3, 0.4) is 0 Å². The Kier molecular flexibility index (Phi) is 4.90. The summed E-state index contributed by atoms with van der Waals surface area (Å²) in [6.45, 7) is 0. The number of hydrogen-bond donors (Lipinski definition) is 0. The van der Waals surface area contributed by atoms with Gasteiger partial charge in [-0.25, -0.2) is 0 Å². The summed E-state index contributed by atoms with van der Waals surface area (Å²) < 4.78 is 2.14. The van der Waals surface area contributed by atoms with Gasteiger partial charge in [-0.1, -0.05) is 36.0 Å². The molecule has 3 aromatic heterocycles. The first-order valence-electron chi connectivity index (χ1n) is 7.98. The van der Waals surface area contributed by atoms with E-state index in [9.17, 15) is 0 Å². The van der Waals surface area contributed by atoms with Gasteiger partial charge in [0, 0.05) is 23.8 Å². The second-order valence-electron chi connectivity index (χ2n) is 5.41. The molecule has 3 heterocycles. The van der Waals surface area contributed by atoms with Gasteiger partial charge in [0.2, 0.25) is 0 Å². The van der Waals surface area contributed by atoms with E-state index in [4.69, 9.17) is 0 Å². The third kappa shape index (κ3) is 3.65. The zero-order valence-electron chi connectivity index (χ0n) is 13.4. The van der Waals surface area contributed by atoms with Gasteiger partial charge in [0.15, 0.2) is 11.0 Å². The van der Waals surface area contributed by atoms with Gasteiger partial charge >= 0.3 is 0 Å². The molecule has 6 heteroatoms. The lowest BCUT2D eigenvalue weighted by Gasteiger charge is -2.09. The summed E-state index contributed by atoms with van der Waals surface area (Å²) in [6.07, 6.45) is 4.64. The average molecular weight is 364 g/mol. The topological polar surface area (TPSA) is 43.6 Å². The molecule has 0 radical (unpaired) electrons. The second-order valence-corrected chi connectivity index (χ2v) is 7.42. The molecule has 0 atom stereocenters. The van der Waals surface area contributed by atoms with Crippen LogP contribution in [0.15, 0.2) is 77.5 Å². The standard InChI is InChI=1S/C19H16N4S2/c1-2-5-16(6-3-1)23-18(17-7-4-13-24-17)21-22-19(23)25-14-10-15-8-11-20-12-9-15/h1-9,11-13H,10,14H2. The van der Waals surface area contributed by atoms with Gasteiger partial charge in [-0.2, -0.15) is 0 Å². The minimum atomic E-state index is 0.896. The predicted molar refractivity (Wildman–Crippen MR) is 103 cm³/mol. The molecule has 4 aromatic rings. The summed E-state index contributed by atoms with van der Waals surface area (Å²) in [5, 5.41) is 11.9. The molecule has 1 aromatic carbocycles. The summed E-state index contributed by atoms with van der Waals surface area (Å²) in [7, 11) is 0. The SMILES string of the molecule is c1ccc(-n2c(SCCc3ccncc3)nnc2-c2cccs2)cc1. The minimum absolute atomic E-state index is 0.896. The van der Waals surface area contributed by atoms with Crippen molar-refractivity contribution in [1.29, 1.82) is 0 Å². The number of thiophene rings is 1. The smallest absolute Gasteiger partial charge is 0.196 e. The predicted octanol–water partition coefficient (Wildman–Crippen LogP) is 4.73. The van der Waals surface area contributed by atoms with Gasteiger partial charge in [-0.05, 0) is 47.7 Å². The first-order valence-corrected chi connectivity index (χ1v) is 9.85. The molecule has 0 aliphatic heterocycles. The highest BCUT2D eigenvalue weighted by molar-refractivity contribution is 7.99. The maximum absolute atomic E-state index is 4.45. The van der Waals surface area contributed by atoms with Gasteiger partial charge in [0.1, 0.15) is 0 Å². The summed E-state index contributed by atoms with van der Waals surface area (Å²) >= 11 is 3.41. The Morgan fingerprint density at radius 1 is 0.920 bits per heavy atom. The summed E-state index contributed by atoms with van der Waals surface area (Å²) in [5.74, 6) is 1.84. The summed E-state index contributed by atoms with van der Waals surface area (Å²) in [4.78, 5) is 5.19. The lowest BCUT2D eigenvalue weighted by molar-refractivity contribution is 0.885. The molecule has 0 aliphatic rings. The number of nitrogens with zero attached hydrogens (tertiary/aromatic N) is 4. The first-order chi connectivity index (χ1) is 12.4. The van der Waals surface area contributed by atoms with Crippen LogP contribution in [0.4, 0.5) is 0 Å². The number of hydrogen-bond acceptors (Lipinski definition) is 5. The van der Waals surface area contributed by atoms with Gasteiger partial charge in [-0.15, -0.1) is 21.5 Å². The van der Waals surface area contributed by atoms with E-state index in [1.165, 1.54) is 5.56 Å². The van der Waals surface area contributed by atoms with Crippen LogP contribution in [0.2, 0.25) is 0 Å². The van der Waals surface area contributed by atoms with E-state index in [1.807, 2.05) is 36.7 Å². The second kappa shape index (κ2) is 7.63. The number of pyridine rings is 1. The van der Waals surface area contributed by atoms with Crippen LogP contribution in [0.1, 0.15) is 5.56 Å². The van der Waals surface area contributed by atoms with Crippen LogP contribution in [0.25, 0.3) is 16.4 Å². The number of rotatable bonds is 6. The summed E-state index contributed by atoms with van der Waals surface area (Å²) in [6, 6.07) is 18.5. The zero-order valence-corrected chi connectivity index (χ0v) is 15.1. The number of aryl methyl sites for hydroxylation is 1. The largest absolute Gasteiger partial charge is 0.269 e. The Bertz CT molecular complexity index is 919. The molecule has 0 spiro atoms. The minimum Gasteiger partial charge on any atom is -0.269 e. The van der Waals surface area contributed by atoms with Gasteiger partial charge in [0.25, 0.3) is 0 Å². The van der Waals surface area contributed by atoms with Crippen LogP contribution < -0.4 is 0 Å². The van der Waals surface area contributed by atoms with Crippen LogP contribution in [0, 0.1) is 0 Å².